The quantitative estimate of drug-likeness (QED) is 0.898. The van der Waals surface area contributed by atoms with Crippen LogP contribution in [0.5, 0.6) is 0 Å². The summed E-state index contributed by atoms with van der Waals surface area (Å²) in [6.07, 6.45) is 10.4. The molecular weight excluding hydrogens is 266 g/mol. The van der Waals surface area contributed by atoms with E-state index in [9.17, 15) is 0 Å². The Hall–Kier alpha value is -1.16. The average Bonchev–Trinajstić information content (AvgIpc) is 2.99. The monoisotopic (exact) mass is 287 g/mol. The zero-order valence-electron chi connectivity index (χ0n) is 12.0. The summed E-state index contributed by atoms with van der Waals surface area (Å²) in [5, 5.41) is 5.07. The van der Waals surface area contributed by atoms with Crippen LogP contribution in [0, 0.1) is 6.92 Å². The van der Waals surface area contributed by atoms with Gasteiger partial charge in [-0.25, -0.2) is 9.97 Å². The molecule has 2 aromatic rings. The highest BCUT2D eigenvalue weighted by atomic mass is 32.1. The minimum absolute atomic E-state index is 0.609. The number of rotatable bonds is 2. The summed E-state index contributed by atoms with van der Waals surface area (Å²) >= 11 is 1.89. The Bertz CT molecular complexity index is 641. The Balaban J connectivity index is 1.76. The first-order valence-electron chi connectivity index (χ1n) is 7.86. The highest BCUT2D eigenvalue weighted by Gasteiger charge is 2.23. The Morgan fingerprint density at radius 1 is 1.05 bits per heavy atom. The van der Waals surface area contributed by atoms with Gasteiger partial charge in [0.25, 0.3) is 0 Å². The van der Waals surface area contributed by atoms with Crippen LogP contribution in [0.15, 0.2) is 0 Å². The van der Waals surface area contributed by atoms with Crippen LogP contribution in [0.25, 0.3) is 10.2 Å². The number of nitrogens with one attached hydrogen (secondary N) is 1. The van der Waals surface area contributed by atoms with Crippen molar-refractivity contribution in [1.29, 1.82) is 0 Å². The number of aromatic nitrogens is 2. The van der Waals surface area contributed by atoms with E-state index in [1.807, 2.05) is 18.3 Å². The van der Waals surface area contributed by atoms with Crippen LogP contribution in [0.1, 0.15) is 54.8 Å². The van der Waals surface area contributed by atoms with Crippen molar-refractivity contribution in [2.24, 2.45) is 0 Å². The molecule has 0 amide bonds. The van der Waals surface area contributed by atoms with Gasteiger partial charge in [-0.3, -0.25) is 0 Å². The van der Waals surface area contributed by atoms with Gasteiger partial charge in [0.05, 0.1) is 5.39 Å². The Morgan fingerprint density at radius 2 is 1.90 bits per heavy atom. The van der Waals surface area contributed by atoms with Crippen molar-refractivity contribution in [3.63, 3.8) is 0 Å². The number of aryl methyl sites for hydroxylation is 3. The molecule has 0 saturated heterocycles. The molecule has 106 valence electrons. The van der Waals surface area contributed by atoms with Gasteiger partial charge < -0.3 is 5.32 Å². The van der Waals surface area contributed by atoms with Gasteiger partial charge in [-0.15, -0.1) is 11.3 Å². The van der Waals surface area contributed by atoms with E-state index in [1.54, 1.807) is 4.88 Å². The SMILES string of the molecule is Cc1nc(NC2CCCCC2)c2c3c(sc2n1)CCC3. The van der Waals surface area contributed by atoms with Crippen LogP contribution in [0.4, 0.5) is 5.82 Å². The molecule has 0 spiro atoms. The van der Waals surface area contributed by atoms with Crippen molar-refractivity contribution in [2.75, 3.05) is 5.32 Å². The number of thiophene rings is 1. The van der Waals surface area contributed by atoms with E-state index >= 15 is 0 Å². The van der Waals surface area contributed by atoms with Crippen LogP contribution in [-0.2, 0) is 12.8 Å². The third-order valence-corrected chi connectivity index (χ3v) is 5.81. The maximum absolute atomic E-state index is 4.73. The smallest absolute Gasteiger partial charge is 0.139 e. The predicted octanol–water partition coefficient (Wildman–Crippen LogP) is 4.23. The molecule has 0 atom stereocenters. The summed E-state index contributed by atoms with van der Waals surface area (Å²) < 4.78 is 0. The Morgan fingerprint density at radius 3 is 2.75 bits per heavy atom. The average molecular weight is 287 g/mol. The van der Waals surface area contributed by atoms with Crippen LogP contribution in [0.2, 0.25) is 0 Å². The fourth-order valence-electron chi connectivity index (χ4n) is 3.65. The number of hydrogen-bond acceptors (Lipinski definition) is 4. The van der Waals surface area contributed by atoms with E-state index in [0.717, 1.165) is 11.6 Å². The summed E-state index contributed by atoms with van der Waals surface area (Å²) in [5.74, 6) is 2.01. The molecule has 0 aromatic carbocycles. The Labute approximate surface area is 123 Å². The first kappa shape index (κ1) is 12.6. The molecule has 1 saturated carbocycles. The van der Waals surface area contributed by atoms with Gasteiger partial charge in [0.2, 0.25) is 0 Å². The second-order valence-electron chi connectivity index (χ2n) is 6.14. The predicted molar refractivity (Wildman–Crippen MR) is 84.7 cm³/mol. The Kier molecular flexibility index (Phi) is 3.14. The molecule has 3 nitrogen and oxygen atoms in total. The van der Waals surface area contributed by atoms with Gasteiger partial charge in [-0.2, -0.15) is 0 Å². The standard InChI is InChI=1S/C16H21N3S/c1-10-17-15(19-11-6-3-2-4-7-11)14-12-8-5-9-13(12)20-16(14)18-10/h11H,2-9H2,1H3,(H,17,18,19). The molecule has 0 aliphatic heterocycles. The lowest BCUT2D eigenvalue weighted by Crippen LogP contribution is -2.23. The molecule has 0 bridgehead atoms. The zero-order chi connectivity index (χ0) is 13.5. The first-order valence-corrected chi connectivity index (χ1v) is 8.68. The second kappa shape index (κ2) is 4.99. The van der Waals surface area contributed by atoms with Gasteiger partial charge in [0.15, 0.2) is 0 Å². The fourth-order valence-corrected chi connectivity index (χ4v) is 4.95. The van der Waals surface area contributed by atoms with Crippen molar-refractivity contribution >= 4 is 27.4 Å². The maximum atomic E-state index is 4.73. The summed E-state index contributed by atoms with van der Waals surface area (Å²) in [4.78, 5) is 12.1. The summed E-state index contributed by atoms with van der Waals surface area (Å²) in [5.41, 5.74) is 1.53. The normalized spacial score (nSPS) is 19.4. The lowest BCUT2D eigenvalue weighted by atomic mass is 9.95. The van der Waals surface area contributed by atoms with Crippen molar-refractivity contribution in [3.05, 3.63) is 16.3 Å². The molecule has 1 N–H and O–H groups in total. The lowest BCUT2D eigenvalue weighted by Gasteiger charge is -2.23. The molecule has 4 heteroatoms. The van der Waals surface area contributed by atoms with Gasteiger partial charge in [-0.05, 0) is 44.6 Å². The topological polar surface area (TPSA) is 37.8 Å². The van der Waals surface area contributed by atoms with E-state index in [-0.39, 0.29) is 0 Å². The molecule has 2 aromatic heterocycles. The third-order valence-electron chi connectivity index (χ3n) is 4.62. The van der Waals surface area contributed by atoms with Crippen LogP contribution >= 0.6 is 11.3 Å². The number of fused-ring (bicyclic) bond motifs is 3. The van der Waals surface area contributed by atoms with E-state index in [4.69, 9.17) is 4.98 Å². The highest BCUT2D eigenvalue weighted by Crippen LogP contribution is 2.40. The van der Waals surface area contributed by atoms with Crippen molar-refractivity contribution in [3.8, 4) is 0 Å². The fraction of sp³-hybridized carbons (Fsp3) is 0.625. The van der Waals surface area contributed by atoms with E-state index in [0.29, 0.717) is 6.04 Å². The molecule has 2 aliphatic carbocycles. The minimum atomic E-state index is 0.609. The van der Waals surface area contributed by atoms with Crippen molar-refractivity contribution < 1.29 is 0 Å². The number of anilines is 1. The highest BCUT2D eigenvalue weighted by molar-refractivity contribution is 7.19. The molecule has 20 heavy (non-hydrogen) atoms. The summed E-state index contributed by atoms with van der Waals surface area (Å²) in [7, 11) is 0. The molecule has 0 radical (unpaired) electrons. The lowest BCUT2D eigenvalue weighted by molar-refractivity contribution is 0.462. The van der Waals surface area contributed by atoms with Gasteiger partial charge in [-0.1, -0.05) is 19.3 Å². The summed E-state index contributed by atoms with van der Waals surface area (Å²) in [6.45, 7) is 2.01. The molecule has 4 rings (SSSR count). The van der Waals surface area contributed by atoms with Crippen LogP contribution < -0.4 is 5.32 Å². The maximum Gasteiger partial charge on any atom is 0.139 e. The van der Waals surface area contributed by atoms with Crippen molar-refractivity contribution in [1.82, 2.24) is 9.97 Å². The number of nitrogens with zero attached hydrogens (tertiary/aromatic N) is 2. The van der Waals surface area contributed by atoms with E-state index in [1.165, 1.54) is 67.1 Å². The van der Waals surface area contributed by atoms with Gasteiger partial charge >= 0.3 is 0 Å². The number of hydrogen-bond donors (Lipinski definition) is 1. The zero-order valence-corrected chi connectivity index (χ0v) is 12.9. The van der Waals surface area contributed by atoms with Crippen LogP contribution in [-0.4, -0.2) is 16.0 Å². The second-order valence-corrected chi connectivity index (χ2v) is 7.22. The summed E-state index contributed by atoms with van der Waals surface area (Å²) in [6, 6.07) is 0.609. The molecule has 2 heterocycles. The first-order chi connectivity index (χ1) is 9.81. The van der Waals surface area contributed by atoms with Gasteiger partial charge in [0, 0.05) is 10.9 Å². The minimum Gasteiger partial charge on any atom is -0.367 e. The van der Waals surface area contributed by atoms with E-state index in [2.05, 4.69) is 10.3 Å². The molecule has 1 fully saturated rings. The van der Waals surface area contributed by atoms with Gasteiger partial charge in [0.1, 0.15) is 16.5 Å². The molecule has 0 unspecified atom stereocenters. The molecular formula is C16H21N3S. The largest absolute Gasteiger partial charge is 0.367 e. The molecule has 2 aliphatic rings. The third kappa shape index (κ3) is 2.10. The van der Waals surface area contributed by atoms with Crippen molar-refractivity contribution in [2.45, 2.75) is 64.3 Å². The van der Waals surface area contributed by atoms with E-state index < -0.39 is 0 Å². The van der Waals surface area contributed by atoms with Crippen LogP contribution in [0.3, 0.4) is 0 Å².